The number of hydrogen-bond donors (Lipinski definition) is 1. The van der Waals surface area contributed by atoms with E-state index in [9.17, 15) is 0 Å². The number of aryl methyl sites for hydroxylation is 1. The van der Waals surface area contributed by atoms with E-state index >= 15 is 0 Å². The van der Waals surface area contributed by atoms with Crippen molar-refractivity contribution in [1.82, 2.24) is 24.7 Å². The van der Waals surface area contributed by atoms with Gasteiger partial charge in [-0.25, -0.2) is 19.6 Å². The Kier molecular flexibility index (Phi) is 3.15. The molecule has 0 amide bonds. The van der Waals surface area contributed by atoms with Gasteiger partial charge >= 0.3 is 0 Å². The zero-order valence-corrected chi connectivity index (χ0v) is 11.1. The van der Waals surface area contributed by atoms with E-state index in [2.05, 4.69) is 20.1 Å². The van der Waals surface area contributed by atoms with E-state index in [4.69, 9.17) is 5.73 Å². The molecule has 1 aliphatic carbocycles. The molecular weight excluding hydrogens is 240 g/mol. The van der Waals surface area contributed by atoms with Crippen LogP contribution in [0.2, 0.25) is 0 Å². The summed E-state index contributed by atoms with van der Waals surface area (Å²) in [5.41, 5.74) is 6.47. The highest BCUT2D eigenvalue weighted by molar-refractivity contribution is 5.63. The largest absolute Gasteiger partial charge is 0.382 e. The van der Waals surface area contributed by atoms with Gasteiger partial charge in [-0.05, 0) is 12.8 Å². The summed E-state index contributed by atoms with van der Waals surface area (Å²) in [5.74, 6) is 2.49. The molecule has 0 saturated heterocycles. The van der Waals surface area contributed by atoms with Crippen molar-refractivity contribution in [3.05, 3.63) is 18.2 Å². The highest BCUT2D eigenvalue weighted by atomic mass is 15.3. The molecule has 2 aromatic heterocycles. The molecule has 1 saturated carbocycles. The summed E-state index contributed by atoms with van der Waals surface area (Å²) < 4.78 is 1.75. The van der Waals surface area contributed by atoms with Gasteiger partial charge in [0.15, 0.2) is 17.5 Å². The molecule has 2 heterocycles. The molecule has 0 spiro atoms. The molecule has 19 heavy (non-hydrogen) atoms. The molecule has 6 heteroatoms. The summed E-state index contributed by atoms with van der Waals surface area (Å²) in [4.78, 5) is 12.9. The topological polar surface area (TPSA) is 82.5 Å². The van der Waals surface area contributed by atoms with Crippen LogP contribution in [0.4, 0.5) is 5.82 Å². The van der Waals surface area contributed by atoms with Crippen molar-refractivity contribution < 1.29 is 0 Å². The average molecular weight is 258 g/mol. The Hall–Kier alpha value is -1.98. The Bertz CT molecular complexity index is 570. The van der Waals surface area contributed by atoms with E-state index in [1.165, 1.54) is 32.1 Å². The Morgan fingerprint density at radius 3 is 2.63 bits per heavy atom. The number of anilines is 1. The van der Waals surface area contributed by atoms with Crippen LogP contribution in [0.15, 0.2) is 12.4 Å². The first-order valence-electron chi connectivity index (χ1n) is 6.73. The molecule has 3 rings (SSSR count). The van der Waals surface area contributed by atoms with Crippen molar-refractivity contribution in [2.45, 2.75) is 38.0 Å². The van der Waals surface area contributed by atoms with E-state index in [1.807, 2.05) is 7.05 Å². The Labute approximate surface area is 112 Å². The van der Waals surface area contributed by atoms with Crippen LogP contribution < -0.4 is 5.73 Å². The lowest BCUT2D eigenvalue weighted by Crippen LogP contribution is -2.06. The van der Waals surface area contributed by atoms with E-state index in [0.717, 1.165) is 5.82 Å². The zero-order chi connectivity index (χ0) is 13.2. The van der Waals surface area contributed by atoms with Gasteiger partial charge in [0.1, 0.15) is 5.69 Å². The van der Waals surface area contributed by atoms with Crippen molar-refractivity contribution in [1.29, 1.82) is 0 Å². The smallest absolute Gasteiger partial charge is 0.180 e. The van der Waals surface area contributed by atoms with Gasteiger partial charge in [-0.2, -0.15) is 5.10 Å². The van der Waals surface area contributed by atoms with Crippen LogP contribution in [-0.2, 0) is 7.05 Å². The first-order chi connectivity index (χ1) is 9.25. The third-order valence-electron chi connectivity index (χ3n) is 3.69. The lowest BCUT2D eigenvalue weighted by atomic mass is 9.89. The minimum Gasteiger partial charge on any atom is -0.382 e. The quantitative estimate of drug-likeness (QED) is 0.889. The summed E-state index contributed by atoms with van der Waals surface area (Å²) in [5, 5.41) is 4.53. The average Bonchev–Trinajstić information content (AvgIpc) is 2.82. The summed E-state index contributed by atoms with van der Waals surface area (Å²) in [7, 11) is 1.88. The predicted molar refractivity (Wildman–Crippen MR) is 72.3 cm³/mol. The third-order valence-corrected chi connectivity index (χ3v) is 3.69. The molecule has 100 valence electrons. The monoisotopic (exact) mass is 258 g/mol. The molecule has 0 atom stereocenters. The zero-order valence-electron chi connectivity index (χ0n) is 11.1. The minimum atomic E-state index is 0.396. The van der Waals surface area contributed by atoms with Gasteiger partial charge < -0.3 is 5.73 Å². The minimum absolute atomic E-state index is 0.396. The fourth-order valence-corrected chi connectivity index (χ4v) is 2.67. The highest BCUT2D eigenvalue weighted by Crippen LogP contribution is 2.32. The van der Waals surface area contributed by atoms with Gasteiger partial charge in [-0.1, -0.05) is 19.3 Å². The molecular formula is C13H18N6. The van der Waals surface area contributed by atoms with Crippen molar-refractivity contribution in [3.8, 4) is 11.5 Å². The van der Waals surface area contributed by atoms with E-state index in [0.29, 0.717) is 23.3 Å². The maximum absolute atomic E-state index is 5.85. The lowest BCUT2D eigenvalue weighted by molar-refractivity contribution is 0.427. The predicted octanol–water partition coefficient (Wildman–Crippen LogP) is 1.90. The van der Waals surface area contributed by atoms with Gasteiger partial charge in [0.05, 0.1) is 0 Å². The lowest BCUT2D eigenvalue weighted by Gasteiger charge is -2.18. The molecule has 2 aromatic rings. The fraction of sp³-hybridized carbons (Fsp3) is 0.538. The number of nitrogens with zero attached hydrogens (tertiary/aromatic N) is 5. The molecule has 2 N–H and O–H groups in total. The van der Waals surface area contributed by atoms with Crippen LogP contribution in [0, 0.1) is 0 Å². The number of aromatic nitrogens is 5. The van der Waals surface area contributed by atoms with Crippen LogP contribution in [0.5, 0.6) is 0 Å². The first-order valence-corrected chi connectivity index (χ1v) is 6.73. The second kappa shape index (κ2) is 4.95. The summed E-state index contributed by atoms with van der Waals surface area (Å²) in [6, 6.07) is 0. The van der Waals surface area contributed by atoms with Crippen molar-refractivity contribution in [2.75, 3.05) is 5.73 Å². The number of hydrogen-bond acceptors (Lipinski definition) is 5. The molecule has 1 fully saturated rings. The standard InChI is InChI=1S/C13H18N6/c1-19-13(10-11(14)16-8-7-15-10)17-12(18-19)9-5-3-2-4-6-9/h7-9H,2-6H2,1H3,(H2,14,16). The highest BCUT2D eigenvalue weighted by Gasteiger charge is 2.22. The van der Waals surface area contributed by atoms with Crippen LogP contribution >= 0.6 is 0 Å². The molecule has 0 aromatic carbocycles. The summed E-state index contributed by atoms with van der Waals surface area (Å²) >= 11 is 0. The van der Waals surface area contributed by atoms with Crippen LogP contribution in [0.3, 0.4) is 0 Å². The fourth-order valence-electron chi connectivity index (χ4n) is 2.67. The summed E-state index contributed by atoms with van der Waals surface area (Å²) in [6.45, 7) is 0. The second-order valence-corrected chi connectivity index (χ2v) is 5.04. The molecule has 0 unspecified atom stereocenters. The molecule has 0 bridgehead atoms. The molecule has 0 radical (unpaired) electrons. The maximum Gasteiger partial charge on any atom is 0.180 e. The Morgan fingerprint density at radius 1 is 1.16 bits per heavy atom. The van der Waals surface area contributed by atoms with Gasteiger partial charge in [0.2, 0.25) is 0 Å². The third kappa shape index (κ3) is 2.30. The second-order valence-electron chi connectivity index (χ2n) is 5.04. The van der Waals surface area contributed by atoms with Gasteiger partial charge in [0, 0.05) is 25.4 Å². The molecule has 0 aliphatic heterocycles. The first kappa shape index (κ1) is 12.1. The normalized spacial score (nSPS) is 16.7. The maximum atomic E-state index is 5.85. The van der Waals surface area contributed by atoms with Crippen LogP contribution in [-0.4, -0.2) is 24.7 Å². The molecule has 6 nitrogen and oxygen atoms in total. The van der Waals surface area contributed by atoms with Crippen LogP contribution in [0.1, 0.15) is 43.8 Å². The van der Waals surface area contributed by atoms with Gasteiger partial charge in [0.25, 0.3) is 0 Å². The Balaban J connectivity index is 1.95. The molecule has 1 aliphatic rings. The van der Waals surface area contributed by atoms with Gasteiger partial charge in [-0.3, -0.25) is 0 Å². The van der Waals surface area contributed by atoms with E-state index < -0.39 is 0 Å². The number of nitrogens with two attached hydrogens (primary N) is 1. The van der Waals surface area contributed by atoms with Gasteiger partial charge in [-0.15, -0.1) is 0 Å². The van der Waals surface area contributed by atoms with E-state index in [1.54, 1.807) is 17.1 Å². The number of rotatable bonds is 2. The van der Waals surface area contributed by atoms with Crippen molar-refractivity contribution in [3.63, 3.8) is 0 Å². The van der Waals surface area contributed by atoms with Crippen LogP contribution in [0.25, 0.3) is 11.5 Å². The SMILES string of the molecule is Cn1nc(C2CCCCC2)nc1-c1nccnc1N. The summed E-state index contributed by atoms with van der Waals surface area (Å²) in [6.07, 6.45) is 9.43. The Morgan fingerprint density at radius 2 is 1.89 bits per heavy atom. The van der Waals surface area contributed by atoms with E-state index in [-0.39, 0.29) is 0 Å². The van der Waals surface area contributed by atoms with Crippen molar-refractivity contribution in [2.24, 2.45) is 7.05 Å². The van der Waals surface area contributed by atoms with Crippen molar-refractivity contribution >= 4 is 5.82 Å². The number of nitrogen functional groups attached to an aromatic ring is 1.